The Morgan fingerprint density at radius 2 is 2.45 bits per heavy atom. The molecule has 0 bridgehead atoms. The van der Waals surface area contributed by atoms with E-state index in [9.17, 15) is 9.59 Å². The summed E-state index contributed by atoms with van der Waals surface area (Å²) in [6, 6.07) is -0.564. The Balaban J connectivity index is 2.14. The predicted octanol–water partition coefficient (Wildman–Crippen LogP) is -0.255. The summed E-state index contributed by atoms with van der Waals surface area (Å²) in [5.41, 5.74) is 0. The second kappa shape index (κ2) is 2.14. The fourth-order valence-electron chi connectivity index (χ4n) is 1.39. The zero-order chi connectivity index (χ0) is 8.01. The smallest absolute Gasteiger partial charge is 0.327 e. The van der Waals surface area contributed by atoms with Crippen molar-refractivity contribution in [3.8, 4) is 0 Å². The van der Waals surface area contributed by atoms with Crippen LogP contribution in [0.2, 0.25) is 0 Å². The minimum Gasteiger partial charge on any atom is -0.480 e. The zero-order valence-electron chi connectivity index (χ0n) is 5.69. The molecule has 0 radical (unpaired) electrons. The quantitative estimate of drug-likeness (QED) is 0.555. The van der Waals surface area contributed by atoms with Crippen LogP contribution in [0.5, 0.6) is 0 Å². The Morgan fingerprint density at radius 1 is 1.73 bits per heavy atom. The standard InChI is InChI=1S/C6H7NO3S/c8-4-1-5-7(4)3(2-11-5)6(9)10/h3,5H,1-2H2,(H,9,10). The number of aliphatic carboxylic acids is 1. The summed E-state index contributed by atoms with van der Waals surface area (Å²) in [6.07, 6.45) is 0.522. The van der Waals surface area contributed by atoms with Gasteiger partial charge in [-0.25, -0.2) is 4.79 Å². The highest BCUT2D eigenvalue weighted by molar-refractivity contribution is 8.00. The highest BCUT2D eigenvalue weighted by Crippen LogP contribution is 2.38. The molecule has 1 N–H and O–H groups in total. The van der Waals surface area contributed by atoms with Crippen molar-refractivity contribution in [3.63, 3.8) is 0 Å². The molecule has 2 rings (SSSR count). The lowest BCUT2D eigenvalue weighted by atomic mass is 10.1. The molecule has 0 saturated carbocycles. The number of carboxylic acids is 1. The van der Waals surface area contributed by atoms with Gasteiger partial charge in [0.1, 0.15) is 6.04 Å². The Labute approximate surface area is 67.6 Å². The van der Waals surface area contributed by atoms with E-state index in [2.05, 4.69) is 0 Å². The number of nitrogens with zero attached hydrogens (tertiary/aromatic N) is 1. The van der Waals surface area contributed by atoms with Crippen molar-refractivity contribution >= 4 is 23.6 Å². The SMILES string of the molecule is O=C(O)C1CSC2CC(=O)N21. The number of amides is 1. The second-order valence-corrected chi connectivity index (χ2v) is 3.86. The van der Waals surface area contributed by atoms with E-state index < -0.39 is 12.0 Å². The van der Waals surface area contributed by atoms with Crippen LogP contribution in [-0.4, -0.2) is 39.1 Å². The van der Waals surface area contributed by atoms with E-state index in [0.717, 1.165) is 0 Å². The number of thioether (sulfide) groups is 1. The number of β-lactam (4-membered cyclic amide) rings is 1. The van der Waals surface area contributed by atoms with Crippen molar-refractivity contribution in [3.05, 3.63) is 0 Å². The number of carboxylic acid groups (broad SMARTS) is 1. The molecule has 2 heterocycles. The molecule has 2 atom stereocenters. The van der Waals surface area contributed by atoms with Gasteiger partial charge in [-0.3, -0.25) is 4.79 Å². The lowest BCUT2D eigenvalue weighted by Crippen LogP contribution is -2.54. The van der Waals surface area contributed by atoms with Crippen LogP contribution in [0.15, 0.2) is 0 Å². The number of hydrogen-bond acceptors (Lipinski definition) is 3. The van der Waals surface area contributed by atoms with Crippen molar-refractivity contribution < 1.29 is 14.7 Å². The molecule has 2 saturated heterocycles. The Kier molecular flexibility index (Phi) is 1.35. The first kappa shape index (κ1) is 6.97. The third kappa shape index (κ3) is 0.837. The normalized spacial score (nSPS) is 34.9. The molecule has 0 aliphatic carbocycles. The lowest BCUT2D eigenvalue weighted by Gasteiger charge is -2.35. The summed E-state index contributed by atoms with van der Waals surface area (Å²) in [4.78, 5) is 22.9. The maximum atomic E-state index is 10.9. The largest absolute Gasteiger partial charge is 0.480 e. The third-order valence-electron chi connectivity index (χ3n) is 2.01. The van der Waals surface area contributed by atoms with Crippen molar-refractivity contribution in [1.29, 1.82) is 0 Å². The molecule has 60 valence electrons. The van der Waals surface area contributed by atoms with E-state index in [1.807, 2.05) is 0 Å². The number of carbonyl (C=O) groups excluding carboxylic acids is 1. The minimum atomic E-state index is -0.881. The number of fused-ring (bicyclic) bond motifs is 1. The van der Waals surface area contributed by atoms with Gasteiger partial charge >= 0.3 is 5.97 Å². The summed E-state index contributed by atoms with van der Waals surface area (Å²) in [7, 11) is 0. The van der Waals surface area contributed by atoms with Gasteiger partial charge < -0.3 is 10.0 Å². The van der Waals surface area contributed by atoms with Crippen LogP contribution in [0, 0.1) is 0 Å². The molecule has 2 fully saturated rings. The van der Waals surface area contributed by atoms with Gasteiger partial charge in [0, 0.05) is 5.75 Å². The van der Waals surface area contributed by atoms with Gasteiger partial charge in [-0.1, -0.05) is 0 Å². The van der Waals surface area contributed by atoms with Crippen molar-refractivity contribution in [1.82, 2.24) is 4.90 Å². The van der Waals surface area contributed by atoms with Crippen LogP contribution in [-0.2, 0) is 9.59 Å². The Hall–Kier alpha value is -0.710. The molecule has 11 heavy (non-hydrogen) atoms. The van der Waals surface area contributed by atoms with Crippen LogP contribution in [0.25, 0.3) is 0 Å². The summed E-state index contributed by atoms with van der Waals surface area (Å²) in [5.74, 6) is -0.355. The van der Waals surface area contributed by atoms with Gasteiger partial charge in [0.15, 0.2) is 0 Å². The first-order chi connectivity index (χ1) is 5.20. The van der Waals surface area contributed by atoms with E-state index in [1.165, 1.54) is 4.90 Å². The molecule has 0 spiro atoms. The molecule has 0 aromatic carbocycles. The van der Waals surface area contributed by atoms with Crippen LogP contribution in [0.3, 0.4) is 0 Å². The summed E-state index contributed by atoms with van der Waals surface area (Å²) >= 11 is 1.56. The molecule has 0 aromatic rings. The van der Waals surface area contributed by atoms with Crippen LogP contribution >= 0.6 is 11.8 Å². The first-order valence-corrected chi connectivity index (χ1v) is 4.40. The maximum Gasteiger partial charge on any atom is 0.327 e. The highest BCUT2D eigenvalue weighted by atomic mass is 32.2. The monoisotopic (exact) mass is 173 g/mol. The molecule has 2 unspecified atom stereocenters. The average molecular weight is 173 g/mol. The molecule has 0 aromatic heterocycles. The number of carbonyl (C=O) groups is 2. The summed E-state index contributed by atoms with van der Waals surface area (Å²) in [5, 5.41) is 8.80. The van der Waals surface area contributed by atoms with Crippen LogP contribution in [0.1, 0.15) is 6.42 Å². The molecule has 5 heteroatoms. The maximum absolute atomic E-state index is 10.9. The van der Waals surface area contributed by atoms with Crippen molar-refractivity contribution in [2.75, 3.05) is 5.75 Å². The van der Waals surface area contributed by atoms with Crippen molar-refractivity contribution in [2.45, 2.75) is 17.8 Å². The Bertz CT molecular complexity index is 222. The van der Waals surface area contributed by atoms with Gasteiger partial charge in [0.2, 0.25) is 5.91 Å². The molecule has 4 nitrogen and oxygen atoms in total. The van der Waals surface area contributed by atoms with Crippen molar-refractivity contribution in [2.24, 2.45) is 0 Å². The number of rotatable bonds is 1. The fraction of sp³-hybridized carbons (Fsp3) is 0.667. The van der Waals surface area contributed by atoms with Gasteiger partial charge in [0.05, 0.1) is 11.8 Å². The Morgan fingerprint density at radius 3 is 2.91 bits per heavy atom. The third-order valence-corrected chi connectivity index (χ3v) is 3.30. The highest BCUT2D eigenvalue weighted by Gasteiger charge is 2.49. The predicted molar refractivity (Wildman–Crippen MR) is 39.1 cm³/mol. The second-order valence-electron chi connectivity index (χ2n) is 2.65. The molecule has 1 amide bonds. The molecular formula is C6H7NO3S. The van der Waals surface area contributed by atoms with E-state index in [-0.39, 0.29) is 11.3 Å². The minimum absolute atomic E-state index is 0.0209. The van der Waals surface area contributed by atoms with Gasteiger partial charge in [-0.05, 0) is 0 Å². The summed E-state index contributed by atoms with van der Waals surface area (Å²) < 4.78 is 0. The zero-order valence-corrected chi connectivity index (χ0v) is 6.50. The molecular weight excluding hydrogens is 166 g/mol. The van der Waals surface area contributed by atoms with E-state index in [0.29, 0.717) is 12.2 Å². The topological polar surface area (TPSA) is 57.6 Å². The molecule has 2 aliphatic rings. The van der Waals surface area contributed by atoms with Gasteiger partial charge in [-0.2, -0.15) is 0 Å². The fourth-order valence-corrected chi connectivity index (χ4v) is 2.78. The van der Waals surface area contributed by atoms with E-state index >= 15 is 0 Å². The molecule has 2 aliphatic heterocycles. The lowest BCUT2D eigenvalue weighted by molar-refractivity contribution is -0.155. The van der Waals surface area contributed by atoms with Gasteiger partial charge in [-0.15, -0.1) is 11.8 Å². The van der Waals surface area contributed by atoms with Gasteiger partial charge in [0.25, 0.3) is 0 Å². The summed E-state index contributed by atoms with van der Waals surface area (Å²) in [6.45, 7) is 0. The van der Waals surface area contributed by atoms with E-state index in [1.54, 1.807) is 11.8 Å². The van der Waals surface area contributed by atoms with Crippen LogP contribution < -0.4 is 0 Å². The number of hydrogen-bond donors (Lipinski definition) is 1. The first-order valence-electron chi connectivity index (χ1n) is 3.35. The average Bonchev–Trinajstić information content (AvgIpc) is 2.25. The van der Waals surface area contributed by atoms with Crippen LogP contribution in [0.4, 0.5) is 0 Å². The van der Waals surface area contributed by atoms with E-state index in [4.69, 9.17) is 5.11 Å².